The van der Waals surface area contributed by atoms with Crippen molar-refractivity contribution in [2.75, 3.05) is 31.2 Å². The van der Waals surface area contributed by atoms with Gasteiger partial charge in [-0.15, -0.1) is 0 Å². The maximum absolute atomic E-state index is 11.4. The van der Waals surface area contributed by atoms with E-state index in [1.807, 2.05) is 0 Å². The molecule has 1 N–H and O–H groups in total. The molecule has 1 aliphatic heterocycles. The van der Waals surface area contributed by atoms with E-state index in [4.69, 9.17) is 0 Å². The maximum Gasteiger partial charge on any atom is 0.211 e. The molecule has 1 fully saturated rings. The molecule has 1 aliphatic rings. The monoisotopic (exact) mass is 348 g/mol. The largest absolute Gasteiger partial charge is 0.369 e. The third-order valence-electron chi connectivity index (χ3n) is 3.27. The minimum absolute atomic E-state index is 0.472. The lowest BCUT2D eigenvalue weighted by Gasteiger charge is -2.30. The molecule has 1 aromatic rings. The summed E-state index contributed by atoms with van der Waals surface area (Å²) in [4.78, 5) is 8.05. The molecule has 0 unspecified atom stereocenters. The van der Waals surface area contributed by atoms with Gasteiger partial charge in [0.05, 0.1) is 10.7 Å². The first-order valence-electron chi connectivity index (χ1n) is 6.11. The van der Waals surface area contributed by atoms with Crippen molar-refractivity contribution >= 4 is 31.8 Å². The van der Waals surface area contributed by atoms with Crippen LogP contribution in [0.15, 0.2) is 17.0 Å². The molecule has 6 nitrogen and oxygen atoms in total. The third-order valence-corrected chi connectivity index (χ3v) is 5.15. The van der Waals surface area contributed by atoms with Gasteiger partial charge in [0.1, 0.15) is 12.1 Å². The molecule has 1 aromatic heterocycles. The van der Waals surface area contributed by atoms with Crippen molar-refractivity contribution < 1.29 is 8.42 Å². The third kappa shape index (κ3) is 4.12. The van der Waals surface area contributed by atoms with E-state index >= 15 is 0 Å². The van der Waals surface area contributed by atoms with Crippen LogP contribution in [0, 0.1) is 5.92 Å². The van der Waals surface area contributed by atoms with Gasteiger partial charge in [0, 0.05) is 25.8 Å². The number of piperidine rings is 1. The van der Waals surface area contributed by atoms with Crippen molar-refractivity contribution in [3.63, 3.8) is 0 Å². The summed E-state index contributed by atoms with van der Waals surface area (Å²) in [6.07, 6.45) is 6.22. The van der Waals surface area contributed by atoms with Gasteiger partial charge in [-0.25, -0.2) is 22.7 Å². The van der Waals surface area contributed by atoms with Crippen LogP contribution >= 0.6 is 15.9 Å². The highest BCUT2D eigenvalue weighted by Gasteiger charge is 2.24. The zero-order valence-electron chi connectivity index (χ0n) is 10.7. The summed E-state index contributed by atoms with van der Waals surface area (Å²) < 4.78 is 25.2. The SMILES string of the molecule is CS(=O)(=O)N1CCC(CNc2ncncc2Br)CC1. The molecule has 0 saturated carbocycles. The maximum atomic E-state index is 11.4. The zero-order chi connectivity index (χ0) is 13.9. The first kappa shape index (κ1) is 14.7. The van der Waals surface area contributed by atoms with Crippen molar-refractivity contribution in [1.29, 1.82) is 0 Å². The fraction of sp³-hybridized carbons (Fsp3) is 0.636. The average Bonchev–Trinajstić information content (AvgIpc) is 2.37. The minimum atomic E-state index is -3.04. The van der Waals surface area contributed by atoms with Gasteiger partial charge in [-0.2, -0.15) is 0 Å². The van der Waals surface area contributed by atoms with Crippen molar-refractivity contribution in [3.8, 4) is 0 Å². The number of sulfonamides is 1. The summed E-state index contributed by atoms with van der Waals surface area (Å²) in [6, 6.07) is 0. The molecule has 0 atom stereocenters. The van der Waals surface area contributed by atoms with Crippen molar-refractivity contribution in [3.05, 3.63) is 17.0 Å². The van der Waals surface area contributed by atoms with E-state index in [1.54, 1.807) is 10.5 Å². The fourth-order valence-corrected chi connectivity index (χ4v) is 3.36. The van der Waals surface area contributed by atoms with Crippen LogP contribution in [0.4, 0.5) is 5.82 Å². The predicted octanol–water partition coefficient (Wildman–Crippen LogP) is 1.32. The van der Waals surface area contributed by atoms with Crippen LogP contribution in [0.5, 0.6) is 0 Å². The highest BCUT2D eigenvalue weighted by atomic mass is 79.9. The van der Waals surface area contributed by atoms with E-state index in [9.17, 15) is 8.42 Å². The summed E-state index contributed by atoms with van der Waals surface area (Å²) in [5, 5.41) is 3.27. The number of nitrogens with one attached hydrogen (secondary N) is 1. The minimum Gasteiger partial charge on any atom is -0.369 e. The van der Waals surface area contributed by atoms with Crippen LogP contribution in [0.2, 0.25) is 0 Å². The Balaban J connectivity index is 1.82. The molecule has 2 heterocycles. The average molecular weight is 349 g/mol. The standard InChI is InChI=1S/C11H17BrN4O2S/c1-19(17,18)16-4-2-9(3-5-16)6-14-11-10(12)7-13-8-15-11/h7-9H,2-6H2,1H3,(H,13,14,15). The van der Waals surface area contributed by atoms with Crippen molar-refractivity contribution in [2.24, 2.45) is 5.92 Å². The Morgan fingerprint density at radius 1 is 1.47 bits per heavy atom. The molecule has 19 heavy (non-hydrogen) atoms. The summed E-state index contributed by atoms with van der Waals surface area (Å²) >= 11 is 3.38. The van der Waals surface area contributed by atoms with Gasteiger partial charge in [0.15, 0.2) is 0 Å². The smallest absolute Gasteiger partial charge is 0.211 e. The highest BCUT2D eigenvalue weighted by molar-refractivity contribution is 9.10. The van der Waals surface area contributed by atoms with E-state index in [1.165, 1.54) is 12.6 Å². The summed E-state index contributed by atoms with van der Waals surface area (Å²) in [6.45, 7) is 2.01. The molecule has 0 amide bonds. The molecular weight excluding hydrogens is 332 g/mol. The van der Waals surface area contributed by atoms with Gasteiger partial charge in [0.2, 0.25) is 10.0 Å². The Kier molecular flexibility index (Phi) is 4.75. The van der Waals surface area contributed by atoms with Gasteiger partial charge in [-0.3, -0.25) is 0 Å². The Morgan fingerprint density at radius 3 is 2.74 bits per heavy atom. The quantitative estimate of drug-likeness (QED) is 0.888. The topological polar surface area (TPSA) is 75.2 Å². The number of aromatic nitrogens is 2. The summed E-state index contributed by atoms with van der Waals surface area (Å²) in [5.41, 5.74) is 0. The molecule has 0 aromatic carbocycles. The van der Waals surface area contributed by atoms with Gasteiger partial charge in [-0.1, -0.05) is 0 Å². The number of halogens is 1. The van der Waals surface area contributed by atoms with Gasteiger partial charge in [-0.05, 0) is 34.7 Å². The normalized spacial score (nSPS) is 18.4. The Hall–Kier alpha value is -0.730. The number of rotatable bonds is 4. The Morgan fingerprint density at radius 2 is 2.16 bits per heavy atom. The number of hydrogen-bond acceptors (Lipinski definition) is 5. The fourth-order valence-electron chi connectivity index (χ4n) is 2.13. The van der Waals surface area contributed by atoms with Gasteiger partial charge < -0.3 is 5.32 Å². The van der Waals surface area contributed by atoms with Crippen molar-refractivity contribution in [2.45, 2.75) is 12.8 Å². The lowest BCUT2D eigenvalue weighted by molar-refractivity contribution is 0.283. The van der Waals surface area contributed by atoms with Crippen LogP contribution < -0.4 is 5.32 Å². The van der Waals surface area contributed by atoms with Crippen LogP contribution in [-0.4, -0.2) is 48.6 Å². The summed E-state index contributed by atoms with van der Waals surface area (Å²) in [7, 11) is -3.04. The molecular formula is C11H17BrN4O2S. The van der Waals surface area contributed by atoms with E-state index in [0.717, 1.165) is 29.7 Å². The zero-order valence-corrected chi connectivity index (χ0v) is 13.1. The molecule has 0 radical (unpaired) electrons. The highest BCUT2D eigenvalue weighted by Crippen LogP contribution is 2.22. The second-order valence-electron chi connectivity index (χ2n) is 4.71. The van der Waals surface area contributed by atoms with Gasteiger partial charge >= 0.3 is 0 Å². The van der Waals surface area contributed by atoms with Crippen LogP contribution in [0.1, 0.15) is 12.8 Å². The first-order valence-corrected chi connectivity index (χ1v) is 8.75. The van der Waals surface area contributed by atoms with E-state index in [0.29, 0.717) is 19.0 Å². The van der Waals surface area contributed by atoms with E-state index in [2.05, 4.69) is 31.2 Å². The van der Waals surface area contributed by atoms with Crippen LogP contribution in [0.3, 0.4) is 0 Å². The van der Waals surface area contributed by atoms with E-state index in [-0.39, 0.29) is 0 Å². The lowest BCUT2D eigenvalue weighted by Crippen LogP contribution is -2.39. The molecule has 0 spiro atoms. The second kappa shape index (κ2) is 6.15. The summed E-state index contributed by atoms with van der Waals surface area (Å²) in [5.74, 6) is 1.25. The predicted molar refractivity (Wildman–Crippen MR) is 77.4 cm³/mol. The van der Waals surface area contributed by atoms with E-state index < -0.39 is 10.0 Å². The number of anilines is 1. The lowest BCUT2D eigenvalue weighted by atomic mass is 9.98. The molecule has 1 saturated heterocycles. The Labute approximate surface area is 121 Å². The van der Waals surface area contributed by atoms with Crippen LogP contribution in [-0.2, 0) is 10.0 Å². The molecule has 2 rings (SSSR count). The van der Waals surface area contributed by atoms with Crippen molar-refractivity contribution in [1.82, 2.24) is 14.3 Å². The van der Waals surface area contributed by atoms with Gasteiger partial charge in [0.25, 0.3) is 0 Å². The first-order chi connectivity index (χ1) is 8.97. The molecule has 0 bridgehead atoms. The number of hydrogen-bond donors (Lipinski definition) is 1. The molecule has 8 heteroatoms. The second-order valence-corrected chi connectivity index (χ2v) is 7.54. The Bertz CT molecular complexity index is 529. The molecule has 0 aliphatic carbocycles. The molecule has 106 valence electrons. The number of nitrogens with zero attached hydrogens (tertiary/aromatic N) is 3. The van der Waals surface area contributed by atoms with Crippen LogP contribution in [0.25, 0.3) is 0 Å².